The van der Waals surface area contributed by atoms with Gasteiger partial charge in [0.1, 0.15) is 0 Å². The number of aliphatic hydroxyl groups excluding tert-OH is 3. The summed E-state index contributed by atoms with van der Waals surface area (Å²) in [5, 5.41) is 25.7. The van der Waals surface area contributed by atoms with Gasteiger partial charge in [-0.15, -0.1) is 0 Å². The lowest BCUT2D eigenvalue weighted by Crippen LogP contribution is -2.21. The van der Waals surface area contributed by atoms with E-state index in [1.54, 1.807) is 21.0 Å². The van der Waals surface area contributed by atoms with Crippen LogP contribution in [0.3, 0.4) is 0 Å². The molecule has 0 radical (unpaired) electrons. The maximum absolute atomic E-state index is 8.69. The molecule has 0 aromatic heterocycles. The Hall–Kier alpha value is -0.240. The van der Waals surface area contributed by atoms with Gasteiger partial charge < -0.3 is 29.5 Å². The first-order valence-electron chi connectivity index (χ1n) is 6.53. The Labute approximate surface area is 116 Å². The highest BCUT2D eigenvalue weighted by Crippen LogP contribution is 1.93. The van der Waals surface area contributed by atoms with E-state index in [-0.39, 0.29) is 31.5 Å². The molecule has 19 heavy (non-hydrogen) atoms. The summed E-state index contributed by atoms with van der Waals surface area (Å²) in [4.78, 5) is 0. The predicted molar refractivity (Wildman–Crippen MR) is 73.2 cm³/mol. The average molecular weight is 282 g/mol. The largest absolute Gasteiger partial charge is 0.394 e. The quantitative estimate of drug-likeness (QED) is 0.559. The van der Waals surface area contributed by atoms with Gasteiger partial charge in [-0.25, -0.2) is 0 Å². The Morgan fingerprint density at radius 2 is 1.21 bits per heavy atom. The molecule has 0 aliphatic rings. The van der Waals surface area contributed by atoms with Crippen LogP contribution in [0.25, 0.3) is 0 Å². The predicted octanol–water partition coefficient (Wildman–Crippen LogP) is 0.183. The monoisotopic (exact) mass is 282 g/mol. The fourth-order valence-electron chi connectivity index (χ4n) is 0.777. The van der Waals surface area contributed by atoms with E-state index in [1.807, 2.05) is 13.8 Å². The van der Waals surface area contributed by atoms with Crippen LogP contribution in [0.15, 0.2) is 0 Å². The van der Waals surface area contributed by atoms with Gasteiger partial charge in [0.15, 0.2) is 0 Å². The van der Waals surface area contributed by atoms with E-state index < -0.39 is 6.10 Å². The minimum atomic E-state index is -0.445. The molecule has 0 fully saturated rings. The molecule has 6 heteroatoms. The second kappa shape index (κ2) is 14.2. The van der Waals surface area contributed by atoms with E-state index in [9.17, 15) is 0 Å². The van der Waals surface area contributed by atoms with Gasteiger partial charge in [-0.05, 0) is 27.7 Å². The molecular weight excluding hydrogens is 252 g/mol. The zero-order chi connectivity index (χ0) is 15.3. The molecule has 0 aliphatic heterocycles. The molecule has 0 heterocycles. The van der Waals surface area contributed by atoms with Crippen molar-refractivity contribution in [1.82, 2.24) is 0 Å². The molecule has 0 rings (SSSR count). The van der Waals surface area contributed by atoms with Crippen molar-refractivity contribution in [2.45, 2.75) is 52.1 Å². The maximum Gasteiger partial charge on any atom is 0.0779 e. The summed E-state index contributed by atoms with van der Waals surface area (Å²) in [5.74, 6) is 0. The van der Waals surface area contributed by atoms with Crippen molar-refractivity contribution in [3.8, 4) is 0 Å². The third kappa shape index (κ3) is 17.8. The second-order valence-corrected chi connectivity index (χ2v) is 4.55. The highest BCUT2D eigenvalue weighted by Gasteiger charge is 2.03. The van der Waals surface area contributed by atoms with Gasteiger partial charge in [-0.1, -0.05) is 0 Å². The molecule has 0 saturated heterocycles. The molecule has 4 unspecified atom stereocenters. The Bertz CT molecular complexity index is 167. The van der Waals surface area contributed by atoms with Crippen molar-refractivity contribution in [3.05, 3.63) is 0 Å². The molecule has 0 amide bonds. The number of ether oxygens (including phenoxy) is 3. The second-order valence-electron chi connectivity index (χ2n) is 4.55. The molecule has 0 aliphatic carbocycles. The van der Waals surface area contributed by atoms with Gasteiger partial charge in [-0.3, -0.25) is 0 Å². The van der Waals surface area contributed by atoms with Crippen molar-refractivity contribution in [1.29, 1.82) is 0 Å². The zero-order valence-electron chi connectivity index (χ0n) is 12.7. The summed E-state index contributed by atoms with van der Waals surface area (Å²) in [6.07, 6.45) is -0.592. The molecule has 0 aromatic carbocycles. The number of methoxy groups -OCH3 is 1. The van der Waals surface area contributed by atoms with Crippen LogP contribution in [0.5, 0.6) is 0 Å². The lowest BCUT2D eigenvalue weighted by molar-refractivity contribution is -0.0313. The SMILES string of the molecule is CC(O)COC(C)CO.COC(C)COC(C)CO. The molecule has 6 nitrogen and oxygen atoms in total. The summed E-state index contributed by atoms with van der Waals surface area (Å²) in [6, 6.07) is 0. The standard InChI is InChI=1S/C7H16O3.C6H14O3/c1-6(4-8)10-5-7(2)9-3;1-5(8)4-9-6(2)3-7/h6-8H,4-5H2,1-3H3;5-8H,3-4H2,1-2H3. The van der Waals surface area contributed by atoms with Gasteiger partial charge in [0.25, 0.3) is 0 Å². The molecular formula is C13H30O6. The molecule has 0 aromatic rings. The van der Waals surface area contributed by atoms with Crippen molar-refractivity contribution >= 4 is 0 Å². The normalized spacial score (nSPS) is 17.1. The third-order valence-corrected chi connectivity index (χ3v) is 2.15. The van der Waals surface area contributed by atoms with Crippen LogP contribution in [0.4, 0.5) is 0 Å². The molecule has 0 bridgehead atoms. The first-order valence-corrected chi connectivity index (χ1v) is 6.53. The smallest absolute Gasteiger partial charge is 0.0779 e. The summed E-state index contributed by atoms with van der Waals surface area (Å²) >= 11 is 0. The van der Waals surface area contributed by atoms with E-state index in [1.165, 1.54) is 0 Å². The van der Waals surface area contributed by atoms with E-state index in [0.29, 0.717) is 13.2 Å². The first-order chi connectivity index (χ1) is 8.87. The van der Waals surface area contributed by atoms with Crippen LogP contribution in [-0.4, -0.2) is 73.3 Å². The highest BCUT2D eigenvalue weighted by atomic mass is 16.5. The van der Waals surface area contributed by atoms with E-state index in [4.69, 9.17) is 29.5 Å². The van der Waals surface area contributed by atoms with Gasteiger partial charge in [0.2, 0.25) is 0 Å². The third-order valence-electron chi connectivity index (χ3n) is 2.15. The average Bonchev–Trinajstić information content (AvgIpc) is 2.41. The lowest BCUT2D eigenvalue weighted by atomic mass is 10.4. The van der Waals surface area contributed by atoms with Crippen molar-refractivity contribution in [2.24, 2.45) is 0 Å². The van der Waals surface area contributed by atoms with Crippen LogP contribution >= 0.6 is 0 Å². The van der Waals surface area contributed by atoms with Crippen LogP contribution in [0.2, 0.25) is 0 Å². The van der Waals surface area contributed by atoms with Crippen LogP contribution in [-0.2, 0) is 14.2 Å². The van der Waals surface area contributed by atoms with E-state index >= 15 is 0 Å². The summed E-state index contributed by atoms with van der Waals surface area (Å²) in [7, 11) is 1.64. The molecule has 0 saturated carbocycles. The summed E-state index contributed by atoms with van der Waals surface area (Å²) in [6.45, 7) is 8.04. The fraction of sp³-hybridized carbons (Fsp3) is 1.00. The Morgan fingerprint density at radius 1 is 0.789 bits per heavy atom. The minimum absolute atomic E-state index is 0.00667. The van der Waals surface area contributed by atoms with Gasteiger partial charge >= 0.3 is 0 Å². The van der Waals surface area contributed by atoms with Crippen LogP contribution < -0.4 is 0 Å². The van der Waals surface area contributed by atoms with Crippen molar-refractivity contribution in [3.63, 3.8) is 0 Å². The molecule has 118 valence electrons. The van der Waals surface area contributed by atoms with Gasteiger partial charge in [-0.2, -0.15) is 0 Å². The first kappa shape index (κ1) is 21.1. The number of aliphatic hydroxyl groups is 3. The fourth-order valence-corrected chi connectivity index (χ4v) is 0.777. The molecule has 0 spiro atoms. The maximum atomic E-state index is 8.69. The topological polar surface area (TPSA) is 88.4 Å². The number of rotatable bonds is 9. The Morgan fingerprint density at radius 3 is 1.53 bits per heavy atom. The van der Waals surface area contributed by atoms with Crippen LogP contribution in [0, 0.1) is 0 Å². The Balaban J connectivity index is 0. The summed E-state index contributed by atoms with van der Waals surface area (Å²) in [5.41, 5.74) is 0. The van der Waals surface area contributed by atoms with Crippen LogP contribution in [0.1, 0.15) is 27.7 Å². The van der Waals surface area contributed by atoms with Gasteiger partial charge in [0, 0.05) is 7.11 Å². The van der Waals surface area contributed by atoms with Crippen molar-refractivity contribution in [2.75, 3.05) is 33.5 Å². The summed E-state index contributed by atoms with van der Waals surface area (Å²) < 4.78 is 15.1. The van der Waals surface area contributed by atoms with Crippen molar-refractivity contribution < 1.29 is 29.5 Å². The lowest BCUT2D eigenvalue weighted by Gasteiger charge is -2.13. The van der Waals surface area contributed by atoms with E-state index in [0.717, 1.165) is 0 Å². The Kier molecular flexibility index (Phi) is 15.7. The van der Waals surface area contributed by atoms with Gasteiger partial charge in [0.05, 0.1) is 50.8 Å². The highest BCUT2D eigenvalue weighted by molar-refractivity contribution is 4.49. The molecule has 4 atom stereocenters. The number of hydrogen-bond acceptors (Lipinski definition) is 6. The minimum Gasteiger partial charge on any atom is -0.394 e. The van der Waals surface area contributed by atoms with E-state index in [2.05, 4.69) is 0 Å². The zero-order valence-corrected chi connectivity index (χ0v) is 12.7. The number of hydrogen-bond donors (Lipinski definition) is 3. The molecule has 3 N–H and O–H groups in total.